The topological polar surface area (TPSA) is 94.2 Å². The average Bonchev–Trinajstić information content (AvgIpc) is 3.10. The number of methoxy groups -OCH3 is 1. The summed E-state index contributed by atoms with van der Waals surface area (Å²) in [5.74, 6) is 0.263. The molecule has 2 heterocycles. The molecule has 0 spiro atoms. The number of carbonyl (C=O) groups excluding carboxylic acids is 2. The van der Waals surface area contributed by atoms with E-state index in [4.69, 9.17) is 21.1 Å². The highest BCUT2D eigenvalue weighted by Gasteiger charge is 2.42. The zero-order valence-corrected chi connectivity index (χ0v) is 25.5. The van der Waals surface area contributed by atoms with Gasteiger partial charge in [-0.15, -0.1) is 4.31 Å². The summed E-state index contributed by atoms with van der Waals surface area (Å²) in [4.78, 5) is 27.5. The monoisotopic (exact) mass is 609 g/mol. The number of nitrogens with one attached hydrogen (secondary N) is 1. The van der Waals surface area contributed by atoms with Gasteiger partial charge in [0.15, 0.2) is 0 Å². The van der Waals surface area contributed by atoms with E-state index in [1.807, 2.05) is 29.2 Å². The predicted octanol–water partition coefficient (Wildman–Crippen LogP) is 5.21. The van der Waals surface area contributed by atoms with Crippen LogP contribution in [0.2, 0.25) is 5.02 Å². The van der Waals surface area contributed by atoms with Crippen LogP contribution in [0, 0.1) is 0 Å². The number of anilines is 1. The quantitative estimate of drug-likeness (QED) is 0.202. The Morgan fingerprint density at radius 3 is 2.55 bits per heavy atom. The van der Waals surface area contributed by atoms with Gasteiger partial charge in [-0.05, 0) is 66.8 Å². The lowest BCUT2D eigenvalue weighted by molar-refractivity contribution is -0.146. The summed E-state index contributed by atoms with van der Waals surface area (Å²) in [7, 11) is 1.58. The van der Waals surface area contributed by atoms with Crippen LogP contribution in [0.1, 0.15) is 48.8 Å². The van der Waals surface area contributed by atoms with Gasteiger partial charge in [0.05, 0.1) is 17.8 Å². The Balaban J connectivity index is 1.26. The van der Waals surface area contributed by atoms with Crippen LogP contribution >= 0.6 is 11.6 Å². The summed E-state index contributed by atoms with van der Waals surface area (Å²) in [5.41, 5.74) is 4.05. The second kappa shape index (κ2) is 13.8. The molecule has 8 nitrogen and oxygen atoms in total. The largest absolute Gasteiger partial charge is 0.588 e. The van der Waals surface area contributed by atoms with Gasteiger partial charge in [-0.1, -0.05) is 48.0 Å². The van der Waals surface area contributed by atoms with Crippen molar-refractivity contribution >= 4 is 40.5 Å². The fourth-order valence-electron chi connectivity index (χ4n) is 5.72. The third-order valence-electron chi connectivity index (χ3n) is 7.84. The molecule has 2 aliphatic heterocycles. The molecule has 2 aliphatic rings. The van der Waals surface area contributed by atoms with Gasteiger partial charge in [-0.2, -0.15) is 0 Å². The number of hydrogen-bond donors (Lipinski definition) is 1. The van der Waals surface area contributed by atoms with Crippen LogP contribution < -0.4 is 14.4 Å². The summed E-state index contributed by atoms with van der Waals surface area (Å²) in [6, 6.07) is 21.0. The maximum atomic E-state index is 14.1. The Morgan fingerprint density at radius 1 is 1.05 bits per heavy atom. The molecule has 3 aromatic carbocycles. The van der Waals surface area contributed by atoms with E-state index in [9.17, 15) is 14.1 Å². The molecule has 3 unspecified atom stereocenters. The fraction of sp³-hybridized carbons (Fsp3) is 0.375. The number of rotatable bonds is 9. The van der Waals surface area contributed by atoms with Crippen molar-refractivity contribution in [3.8, 4) is 5.75 Å². The van der Waals surface area contributed by atoms with Gasteiger partial charge in [0, 0.05) is 45.0 Å². The number of hydrogen-bond acceptors (Lipinski definition) is 7. The molecule has 0 aromatic heterocycles. The molecule has 5 rings (SSSR count). The highest BCUT2D eigenvalue weighted by atomic mass is 35.5. The Labute approximate surface area is 255 Å². The Morgan fingerprint density at radius 2 is 1.81 bits per heavy atom. The molecule has 10 heteroatoms. The predicted molar refractivity (Wildman–Crippen MR) is 164 cm³/mol. The molecule has 3 atom stereocenters. The first kappa shape index (κ1) is 30.2. The van der Waals surface area contributed by atoms with Crippen molar-refractivity contribution in [2.24, 2.45) is 0 Å². The van der Waals surface area contributed by atoms with E-state index >= 15 is 0 Å². The van der Waals surface area contributed by atoms with Gasteiger partial charge in [0.2, 0.25) is 17.0 Å². The molecule has 222 valence electrons. The van der Waals surface area contributed by atoms with Crippen molar-refractivity contribution in [3.05, 3.63) is 88.4 Å². The van der Waals surface area contributed by atoms with Crippen molar-refractivity contribution in [2.45, 2.75) is 56.2 Å². The minimum atomic E-state index is -1.73. The Bertz CT molecular complexity index is 1410. The number of esters is 1. The number of fused-ring (bicyclic) bond motifs is 2. The van der Waals surface area contributed by atoms with E-state index in [1.54, 1.807) is 41.7 Å². The summed E-state index contributed by atoms with van der Waals surface area (Å²) >= 11 is 4.92. The molecule has 42 heavy (non-hydrogen) atoms. The zero-order chi connectivity index (χ0) is 29.6. The number of ether oxygens (including phenoxy) is 2. The van der Waals surface area contributed by atoms with Gasteiger partial charge >= 0.3 is 5.97 Å². The molecular weight excluding hydrogens is 574 g/mol. The highest BCUT2D eigenvalue weighted by molar-refractivity contribution is 7.93. The highest BCUT2D eigenvalue weighted by Crippen LogP contribution is 2.43. The van der Waals surface area contributed by atoms with Crippen LogP contribution in [0.25, 0.3) is 0 Å². The van der Waals surface area contributed by atoms with Crippen molar-refractivity contribution < 1.29 is 23.6 Å². The number of carbonyl (C=O) groups is 2. The van der Waals surface area contributed by atoms with E-state index < -0.39 is 23.6 Å². The third kappa shape index (κ3) is 6.86. The van der Waals surface area contributed by atoms with E-state index in [0.29, 0.717) is 60.3 Å². The number of amides is 1. The lowest BCUT2D eigenvalue weighted by Crippen LogP contribution is -2.42. The summed E-state index contributed by atoms with van der Waals surface area (Å²) in [6.45, 7) is 3.95. The second-order valence-electron chi connectivity index (χ2n) is 10.6. The lowest BCUT2D eigenvalue weighted by atomic mass is 9.91. The standard InChI is InChI=1S/C32H36ClN3O5S/c1-22(37)41-31-20-24(14-17-34-18-15-30(38)35-19-16-23-6-3-4-7-25(23)21-35)28-8-5-9-29(33)32(28)42(39)36(31)26-10-12-27(40-2)13-11-26/h3-13,24,31,34H,14-21H2,1-2H3. The SMILES string of the molecule is COc1ccc(N2C(OC(C)=O)CC(CCNCCC(=O)N3CCc4ccccc4C3)c3cccc(Cl)c3[S+]2[O-])cc1. The molecule has 0 radical (unpaired) electrons. The summed E-state index contributed by atoms with van der Waals surface area (Å²) < 4.78 is 26.8. The van der Waals surface area contributed by atoms with Crippen molar-refractivity contribution in [3.63, 3.8) is 0 Å². The molecular formula is C32H36ClN3O5S. The van der Waals surface area contributed by atoms with Crippen LogP contribution in [0.15, 0.2) is 71.6 Å². The van der Waals surface area contributed by atoms with Gasteiger partial charge in [-0.25, -0.2) is 0 Å². The maximum absolute atomic E-state index is 14.1. The van der Waals surface area contributed by atoms with E-state index in [-0.39, 0.29) is 11.8 Å². The van der Waals surface area contributed by atoms with Crippen LogP contribution in [0.5, 0.6) is 5.75 Å². The van der Waals surface area contributed by atoms with Crippen LogP contribution in [-0.2, 0) is 38.7 Å². The van der Waals surface area contributed by atoms with Crippen LogP contribution in [0.4, 0.5) is 5.69 Å². The first-order chi connectivity index (χ1) is 20.4. The van der Waals surface area contributed by atoms with E-state index in [2.05, 4.69) is 17.4 Å². The first-order valence-corrected chi connectivity index (χ1v) is 15.7. The Hall–Kier alpha value is -3.24. The molecule has 3 aromatic rings. The third-order valence-corrected chi connectivity index (χ3v) is 9.87. The van der Waals surface area contributed by atoms with Gasteiger partial charge < -0.3 is 24.2 Å². The first-order valence-electron chi connectivity index (χ1n) is 14.2. The molecule has 1 amide bonds. The van der Waals surface area contributed by atoms with Crippen LogP contribution in [-0.4, -0.2) is 54.3 Å². The summed E-state index contributed by atoms with van der Waals surface area (Å²) in [5, 5.41) is 3.82. The van der Waals surface area contributed by atoms with Crippen molar-refractivity contribution in [1.82, 2.24) is 10.2 Å². The molecule has 0 fully saturated rings. The average molecular weight is 610 g/mol. The fourth-order valence-corrected chi connectivity index (χ4v) is 7.62. The van der Waals surface area contributed by atoms with Gasteiger partial charge in [0.25, 0.3) is 0 Å². The lowest BCUT2D eigenvalue weighted by Gasteiger charge is -2.31. The maximum Gasteiger partial charge on any atom is 0.304 e. The molecule has 1 N–H and O–H groups in total. The minimum absolute atomic E-state index is 0.0861. The Kier molecular flexibility index (Phi) is 9.95. The van der Waals surface area contributed by atoms with E-state index in [0.717, 1.165) is 18.5 Å². The number of benzene rings is 3. The second-order valence-corrected chi connectivity index (χ2v) is 12.3. The van der Waals surface area contributed by atoms with E-state index in [1.165, 1.54) is 18.1 Å². The molecule has 0 saturated carbocycles. The van der Waals surface area contributed by atoms with Gasteiger partial charge in [-0.3, -0.25) is 9.59 Å². The van der Waals surface area contributed by atoms with Crippen molar-refractivity contribution in [1.29, 1.82) is 0 Å². The normalized spacial score (nSPS) is 19.9. The minimum Gasteiger partial charge on any atom is -0.588 e. The smallest absolute Gasteiger partial charge is 0.304 e. The molecule has 0 bridgehead atoms. The van der Waals surface area contributed by atoms with Gasteiger partial charge in [0.1, 0.15) is 17.1 Å². The summed E-state index contributed by atoms with van der Waals surface area (Å²) in [6.07, 6.45) is 1.65. The molecule has 0 aliphatic carbocycles. The number of halogens is 1. The zero-order valence-electron chi connectivity index (χ0n) is 23.9. The number of nitrogens with zero attached hydrogens (tertiary/aromatic N) is 2. The van der Waals surface area contributed by atoms with Crippen LogP contribution in [0.3, 0.4) is 0 Å². The molecule has 0 saturated heterocycles. The van der Waals surface area contributed by atoms with Crippen molar-refractivity contribution in [2.75, 3.05) is 31.0 Å².